The van der Waals surface area contributed by atoms with E-state index < -0.39 is 5.91 Å². The summed E-state index contributed by atoms with van der Waals surface area (Å²) >= 11 is 0. The van der Waals surface area contributed by atoms with Crippen LogP contribution in [0.1, 0.15) is 22.3 Å². The van der Waals surface area contributed by atoms with Crippen LogP contribution in [0, 0.1) is 0 Å². The lowest BCUT2D eigenvalue weighted by Crippen LogP contribution is -2.14. The number of aryl methyl sites for hydroxylation is 1. The number of primary amides is 1. The van der Waals surface area contributed by atoms with Gasteiger partial charge in [0.2, 0.25) is 11.8 Å². The van der Waals surface area contributed by atoms with Crippen LogP contribution >= 0.6 is 0 Å². The third kappa shape index (κ3) is 4.49. The molecule has 0 saturated carbocycles. The Hall–Kier alpha value is -3.02. The zero-order valence-electron chi connectivity index (χ0n) is 13.7. The highest BCUT2D eigenvalue weighted by Crippen LogP contribution is 2.28. The van der Waals surface area contributed by atoms with Crippen molar-refractivity contribution in [3.8, 4) is 11.5 Å². The minimum Gasteiger partial charge on any atom is -0.493 e. The zero-order valence-corrected chi connectivity index (χ0v) is 13.7. The van der Waals surface area contributed by atoms with E-state index in [4.69, 9.17) is 15.2 Å². The minimum atomic E-state index is -0.531. The Morgan fingerprint density at radius 1 is 1.04 bits per heavy atom. The molecule has 0 unspecified atom stereocenters. The Kier molecular flexibility index (Phi) is 5.78. The Morgan fingerprint density at radius 3 is 2.46 bits per heavy atom. The van der Waals surface area contributed by atoms with Crippen molar-refractivity contribution < 1.29 is 19.1 Å². The lowest BCUT2D eigenvalue weighted by molar-refractivity contribution is -0.116. The molecule has 2 aromatic rings. The molecule has 0 radical (unpaired) electrons. The molecule has 2 rings (SSSR count). The van der Waals surface area contributed by atoms with Crippen molar-refractivity contribution in [3.05, 3.63) is 53.6 Å². The van der Waals surface area contributed by atoms with Crippen LogP contribution in [0.2, 0.25) is 0 Å². The van der Waals surface area contributed by atoms with Gasteiger partial charge in [0.15, 0.2) is 11.5 Å². The number of ether oxygens (including phenoxy) is 2. The van der Waals surface area contributed by atoms with Gasteiger partial charge in [-0.15, -0.1) is 0 Å². The number of anilines is 1. The van der Waals surface area contributed by atoms with Crippen molar-refractivity contribution in [2.24, 2.45) is 5.73 Å². The first-order chi connectivity index (χ1) is 11.5. The number of amides is 2. The summed E-state index contributed by atoms with van der Waals surface area (Å²) in [5.41, 5.74) is 7.09. The van der Waals surface area contributed by atoms with Crippen LogP contribution in [0.25, 0.3) is 0 Å². The highest BCUT2D eigenvalue weighted by molar-refractivity contribution is 5.96. The molecular formula is C18H20N2O4. The molecule has 0 aliphatic heterocycles. The smallest absolute Gasteiger partial charge is 0.248 e. The number of hydrogen-bond acceptors (Lipinski definition) is 4. The maximum Gasteiger partial charge on any atom is 0.248 e. The van der Waals surface area contributed by atoms with Crippen molar-refractivity contribution >= 4 is 17.5 Å². The number of hydrogen-bond donors (Lipinski definition) is 2. The molecule has 0 aromatic heterocycles. The summed E-state index contributed by atoms with van der Waals surface area (Å²) in [7, 11) is 3.14. The number of nitrogens with one attached hydrogen (secondary N) is 1. The second kappa shape index (κ2) is 8.01. The quantitative estimate of drug-likeness (QED) is 0.816. The molecule has 3 N–H and O–H groups in total. The first-order valence-corrected chi connectivity index (χ1v) is 7.44. The molecule has 0 aliphatic rings. The molecule has 0 atom stereocenters. The van der Waals surface area contributed by atoms with Gasteiger partial charge in [0.05, 0.1) is 14.2 Å². The first-order valence-electron chi connectivity index (χ1n) is 7.44. The van der Waals surface area contributed by atoms with E-state index in [-0.39, 0.29) is 5.91 Å². The third-order valence-electron chi connectivity index (χ3n) is 3.52. The maximum atomic E-state index is 12.1. The number of carbonyl (C=O) groups excluding carboxylic acids is 2. The summed E-state index contributed by atoms with van der Waals surface area (Å²) < 4.78 is 10.4. The van der Waals surface area contributed by atoms with Crippen LogP contribution in [0.5, 0.6) is 11.5 Å². The average molecular weight is 328 g/mol. The van der Waals surface area contributed by atoms with E-state index in [2.05, 4.69) is 5.32 Å². The average Bonchev–Trinajstić information content (AvgIpc) is 2.59. The highest BCUT2D eigenvalue weighted by atomic mass is 16.5. The largest absolute Gasteiger partial charge is 0.493 e. The van der Waals surface area contributed by atoms with Gasteiger partial charge in [-0.1, -0.05) is 12.1 Å². The van der Waals surface area contributed by atoms with Gasteiger partial charge in [0.25, 0.3) is 0 Å². The van der Waals surface area contributed by atoms with E-state index in [0.717, 1.165) is 5.56 Å². The summed E-state index contributed by atoms with van der Waals surface area (Å²) in [6.45, 7) is 0. The molecule has 0 bridgehead atoms. The Labute approximate surface area is 140 Å². The number of benzene rings is 2. The second-order valence-corrected chi connectivity index (χ2v) is 5.18. The van der Waals surface area contributed by atoms with Crippen molar-refractivity contribution in [1.82, 2.24) is 0 Å². The molecule has 0 saturated heterocycles. The molecule has 0 spiro atoms. The fourth-order valence-electron chi connectivity index (χ4n) is 2.27. The predicted molar refractivity (Wildman–Crippen MR) is 91.5 cm³/mol. The summed E-state index contributed by atoms with van der Waals surface area (Å²) in [5, 5.41) is 2.76. The molecule has 6 heteroatoms. The monoisotopic (exact) mass is 328 g/mol. The van der Waals surface area contributed by atoms with E-state index in [1.54, 1.807) is 38.5 Å². The van der Waals surface area contributed by atoms with Crippen LogP contribution in [0.15, 0.2) is 42.5 Å². The number of carbonyl (C=O) groups is 2. The maximum absolute atomic E-state index is 12.1. The Morgan fingerprint density at radius 2 is 1.79 bits per heavy atom. The van der Waals surface area contributed by atoms with Crippen LogP contribution in [-0.2, 0) is 11.2 Å². The standard InChI is InChI=1S/C18H20N2O4/c1-23-15-8-6-12(10-16(15)24-2)7-9-17(21)20-14-5-3-4-13(11-14)18(19)22/h3-6,8,10-11H,7,9H2,1-2H3,(H2,19,22)(H,20,21). The van der Waals surface area contributed by atoms with Crippen LogP contribution in [0.4, 0.5) is 5.69 Å². The Balaban J connectivity index is 1.96. The van der Waals surface area contributed by atoms with Crippen molar-refractivity contribution in [1.29, 1.82) is 0 Å². The zero-order chi connectivity index (χ0) is 17.5. The predicted octanol–water partition coefficient (Wildman–Crippen LogP) is 2.37. The topological polar surface area (TPSA) is 90.6 Å². The van der Waals surface area contributed by atoms with Crippen LogP contribution in [0.3, 0.4) is 0 Å². The third-order valence-corrected chi connectivity index (χ3v) is 3.52. The van der Waals surface area contributed by atoms with Gasteiger partial charge in [-0.05, 0) is 42.3 Å². The van der Waals surface area contributed by atoms with Gasteiger partial charge in [-0.25, -0.2) is 0 Å². The molecule has 126 valence electrons. The summed E-state index contributed by atoms with van der Waals surface area (Å²) in [4.78, 5) is 23.2. The van der Waals surface area contributed by atoms with Gasteiger partial charge in [0, 0.05) is 17.7 Å². The normalized spacial score (nSPS) is 10.1. The summed E-state index contributed by atoms with van der Waals surface area (Å²) in [6, 6.07) is 12.1. The van der Waals surface area contributed by atoms with Gasteiger partial charge in [-0.3, -0.25) is 9.59 Å². The van der Waals surface area contributed by atoms with E-state index in [1.165, 1.54) is 0 Å². The molecule has 0 heterocycles. The van der Waals surface area contributed by atoms with Crippen LogP contribution in [-0.4, -0.2) is 26.0 Å². The lowest BCUT2D eigenvalue weighted by Gasteiger charge is -2.10. The molecule has 2 amide bonds. The minimum absolute atomic E-state index is 0.147. The molecule has 0 fully saturated rings. The fraction of sp³-hybridized carbons (Fsp3) is 0.222. The van der Waals surface area contributed by atoms with Crippen molar-refractivity contribution in [3.63, 3.8) is 0 Å². The van der Waals surface area contributed by atoms with E-state index in [1.807, 2.05) is 18.2 Å². The summed E-state index contributed by atoms with van der Waals surface area (Å²) in [6.07, 6.45) is 0.859. The molecule has 6 nitrogen and oxygen atoms in total. The van der Waals surface area contributed by atoms with Crippen LogP contribution < -0.4 is 20.5 Å². The second-order valence-electron chi connectivity index (χ2n) is 5.18. The lowest BCUT2D eigenvalue weighted by atomic mass is 10.1. The van der Waals surface area contributed by atoms with Gasteiger partial charge in [0.1, 0.15) is 0 Å². The van der Waals surface area contributed by atoms with E-state index in [9.17, 15) is 9.59 Å². The molecule has 2 aromatic carbocycles. The molecule has 0 aliphatic carbocycles. The van der Waals surface area contributed by atoms with E-state index >= 15 is 0 Å². The molecular weight excluding hydrogens is 308 g/mol. The fourth-order valence-corrected chi connectivity index (χ4v) is 2.27. The summed E-state index contributed by atoms with van der Waals surface area (Å²) in [5.74, 6) is 0.598. The molecule has 24 heavy (non-hydrogen) atoms. The number of methoxy groups -OCH3 is 2. The van der Waals surface area contributed by atoms with Gasteiger partial charge >= 0.3 is 0 Å². The Bertz CT molecular complexity index is 744. The van der Waals surface area contributed by atoms with E-state index in [0.29, 0.717) is 35.6 Å². The highest BCUT2D eigenvalue weighted by Gasteiger charge is 2.08. The first kappa shape index (κ1) is 17.3. The van der Waals surface area contributed by atoms with Gasteiger partial charge in [-0.2, -0.15) is 0 Å². The van der Waals surface area contributed by atoms with Gasteiger partial charge < -0.3 is 20.5 Å². The van der Waals surface area contributed by atoms with Crippen molar-refractivity contribution in [2.75, 3.05) is 19.5 Å². The number of nitrogens with two attached hydrogens (primary N) is 1. The van der Waals surface area contributed by atoms with Crippen molar-refractivity contribution in [2.45, 2.75) is 12.8 Å². The SMILES string of the molecule is COc1ccc(CCC(=O)Nc2cccc(C(N)=O)c2)cc1OC. The number of rotatable bonds is 7.